The van der Waals surface area contributed by atoms with Crippen molar-refractivity contribution in [3.8, 4) is 0 Å². The highest BCUT2D eigenvalue weighted by atomic mass is 32.2. The van der Waals surface area contributed by atoms with E-state index in [4.69, 9.17) is 0 Å². The molecule has 1 aliphatic heterocycles. The quantitative estimate of drug-likeness (QED) is 0.397. The Morgan fingerprint density at radius 1 is 1.03 bits per heavy atom. The summed E-state index contributed by atoms with van der Waals surface area (Å²) in [5.74, 6) is -1.40. The molecule has 3 aromatic heterocycles. The van der Waals surface area contributed by atoms with Crippen molar-refractivity contribution in [2.75, 3.05) is 10.8 Å². The Hall–Kier alpha value is -2.23. The lowest BCUT2D eigenvalue weighted by Gasteiger charge is -2.27. The van der Waals surface area contributed by atoms with Crippen molar-refractivity contribution >= 4 is 71.4 Å². The van der Waals surface area contributed by atoms with Crippen molar-refractivity contribution < 1.29 is 30.5 Å². The van der Waals surface area contributed by atoms with E-state index in [1.54, 1.807) is 44.2 Å². The van der Waals surface area contributed by atoms with Gasteiger partial charge in [0, 0.05) is 17.8 Å². The Morgan fingerprint density at radius 3 is 2.42 bits per heavy atom. The van der Waals surface area contributed by atoms with E-state index < -0.39 is 32.0 Å². The molecule has 4 rings (SSSR count). The third-order valence-corrected chi connectivity index (χ3v) is 7.52. The van der Waals surface area contributed by atoms with Gasteiger partial charge in [0.15, 0.2) is 5.88 Å². The number of hydrogen-bond donors (Lipinski definition) is 2. The predicted octanol–water partition coefficient (Wildman–Crippen LogP) is 2.22. The lowest BCUT2D eigenvalue weighted by atomic mass is 10.1. The zero-order chi connectivity index (χ0) is 22.6. The van der Waals surface area contributed by atoms with E-state index in [0.29, 0.717) is 34.0 Å². The molecule has 0 aromatic carbocycles. The first-order chi connectivity index (χ1) is 14.4. The summed E-state index contributed by atoms with van der Waals surface area (Å²) in [6, 6.07) is 3.43. The second-order valence-electron chi connectivity index (χ2n) is 6.90. The van der Waals surface area contributed by atoms with E-state index in [1.165, 1.54) is 32.5 Å². The van der Waals surface area contributed by atoms with Crippen LogP contribution in [-0.4, -0.2) is 40.6 Å². The standard InChI is InChI=1S/C17H16N4O6S4/c1-10-16-14(28-18-10)5-3-12(20(16)8-30(22,23)24)7-13-4-6-15-17(11(2)19-29-15)21(13)9-31(25,26)27/h3-7H,8-9H2,1-2H3,(H-,22,23,24,25,26,27)/p+1. The normalized spacial score (nSPS) is 15.7. The van der Waals surface area contributed by atoms with Crippen LogP contribution in [-0.2, 0) is 26.1 Å². The predicted molar refractivity (Wildman–Crippen MR) is 119 cm³/mol. The topological polar surface area (TPSA) is 142 Å². The minimum atomic E-state index is -4.38. The Labute approximate surface area is 186 Å². The molecule has 0 aliphatic carbocycles. The van der Waals surface area contributed by atoms with Crippen LogP contribution in [0.15, 0.2) is 23.9 Å². The zero-order valence-corrected chi connectivity index (χ0v) is 19.5. The Morgan fingerprint density at radius 2 is 1.74 bits per heavy atom. The van der Waals surface area contributed by atoms with Gasteiger partial charge in [-0.2, -0.15) is 30.1 Å². The van der Waals surface area contributed by atoms with Gasteiger partial charge in [0.25, 0.3) is 16.0 Å². The lowest BCUT2D eigenvalue weighted by Crippen LogP contribution is -2.42. The summed E-state index contributed by atoms with van der Waals surface area (Å²) in [6.45, 7) is 3.46. The van der Waals surface area contributed by atoms with Gasteiger partial charge in [-0.25, -0.2) is 0 Å². The van der Waals surface area contributed by atoms with Crippen LogP contribution in [0.3, 0.4) is 0 Å². The van der Waals surface area contributed by atoms with Crippen LogP contribution in [0, 0.1) is 13.8 Å². The molecule has 0 saturated heterocycles. The highest BCUT2D eigenvalue weighted by Crippen LogP contribution is 2.37. The first kappa shape index (κ1) is 22.0. The van der Waals surface area contributed by atoms with Crippen LogP contribution in [0.2, 0.25) is 0 Å². The second-order valence-corrected chi connectivity index (χ2v) is 11.4. The summed E-state index contributed by atoms with van der Waals surface area (Å²) >= 11 is 2.40. The largest absolute Gasteiger partial charge is 0.326 e. The van der Waals surface area contributed by atoms with Gasteiger partial charge in [-0.05, 0) is 55.1 Å². The molecule has 0 saturated carbocycles. The van der Waals surface area contributed by atoms with Crippen LogP contribution in [0.5, 0.6) is 0 Å². The van der Waals surface area contributed by atoms with Crippen LogP contribution in [0.25, 0.3) is 22.4 Å². The number of aromatic nitrogens is 3. The van der Waals surface area contributed by atoms with Crippen LogP contribution in [0.1, 0.15) is 22.0 Å². The van der Waals surface area contributed by atoms with Crippen molar-refractivity contribution in [1.29, 1.82) is 0 Å². The van der Waals surface area contributed by atoms with Crippen molar-refractivity contribution in [3.05, 3.63) is 45.9 Å². The van der Waals surface area contributed by atoms with Crippen LogP contribution < -0.4 is 9.47 Å². The van der Waals surface area contributed by atoms with Crippen molar-refractivity contribution in [2.24, 2.45) is 0 Å². The first-order valence-corrected chi connectivity index (χ1v) is 13.5. The fourth-order valence-electron chi connectivity index (χ4n) is 3.41. The van der Waals surface area contributed by atoms with E-state index in [0.717, 1.165) is 9.58 Å². The second kappa shape index (κ2) is 7.72. The highest BCUT2D eigenvalue weighted by Gasteiger charge is 2.29. The summed E-state index contributed by atoms with van der Waals surface area (Å²) in [5, 5.41) is 0. The number of anilines is 1. The number of pyridine rings is 1. The molecule has 31 heavy (non-hydrogen) atoms. The number of rotatable bonds is 5. The molecule has 0 unspecified atom stereocenters. The van der Waals surface area contributed by atoms with E-state index in [2.05, 4.69) is 8.75 Å². The molecule has 3 aromatic rings. The summed E-state index contributed by atoms with van der Waals surface area (Å²) in [4.78, 5) is 2.14. The minimum absolute atomic E-state index is 0.401. The van der Waals surface area contributed by atoms with E-state index in [1.807, 2.05) is 0 Å². The average molecular weight is 502 g/mol. The maximum Gasteiger partial charge on any atom is 0.326 e. The van der Waals surface area contributed by atoms with Gasteiger partial charge in [-0.3, -0.25) is 9.11 Å². The fourth-order valence-corrected chi connectivity index (χ4v) is 6.21. The molecule has 0 bridgehead atoms. The zero-order valence-electron chi connectivity index (χ0n) is 16.3. The number of fused-ring (bicyclic) bond motifs is 2. The van der Waals surface area contributed by atoms with E-state index in [-0.39, 0.29) is 0 Å². The molecule has 0 fully saturated rings. The smallest absolute Gasteiger partial charge is 0.321 e. The van der Waals surface area contributed by atoms with Crippen molar-refractivity contribution in [1.82, 2.24) is 8.75 Å². The van der Waals surface area contributed by atoms with Crippen LogP contribution in [0.4, 0.5) is 5.69 Å². The summed E-state index contributed by atoms with van der Waals surface area (Å²) in [5.41, 5.74) is 3.09. The molecule has 0 radical (unpaired) electrons. The molecule has 14 heteroatoms. The third kappa shape index (κ3) is 4.53. The van der Waals surface area contributed by atoms with Crippen molar-refractivity contribution in [2.45, 2.75) is 19.7 Å². The number of nitrogens with zero attached hydrogens (tertiary/aromatic N) is 4. The van der Waals surface area contributed by atoms with Gasteiger partial charge in [0.2, 0.25) is 11.2 Å². The van der Waals surface area contributed by atoms with E-state index >= 15 is 0 Å². The number of aryl methyl sites for hydroxylation is 2. The molecule has 4 heterocycles. The highest BCUT2D eigenvalue weighted by molar-refractivity contribution is 7.85. The molecular weight excluding hydrogens is 484 g/mol. The Kier molecular flexibility index (Phi) is 5.47. The molecule has 1 aliphatic rings. The van der Waals surface area contributed by atoms with Gasteiger partial charge < -0.3 is 4.90 Å². The third-order valence-electron chi connectivity index (χ3n) is 4.57. The molecule has 0 atom stereocenters. The van der Waals surface area contributed by atoms with Crippen LogP contribution >= 0.6 is 23.1 Å². The number of hydrogen-bond acceptors (Lipinski definition) is 9. The molecule has 0 spiro atoms. The lowest BCUT2D eigenvalue weighted by molar-refractivity contribution is -0.653. The Bertz CT molecular complexity index is 1470. The number of allylic oxidation sites excluding steroid dienone is 1. The minimum Gasteiger partial charge on any atom is -0.321 e. The van der Waals surface area contributed by atoms with Gasteiger partial charge >= 0.3 is 10.1 Å². The summed E-state index contributed by atoms with van der Waals surface area (Å²) < 4.78 is 76.5. The average Bonchev–Trinajstić information content (AvgIpc) is 3.20. The summed E-state index contributed by atoms with van der Waals surface area (Å²) in [7, 11) is -8.76. The summed E-state index contributed by atoms with van der Waals surface area (Å²) in [6.07, 6.45) is 5.02. The van der Waals surface area contributed by atoms with Gasteiger partial charge in [-0.15, -0.1) is 0 Å². The molecular formula is C17H17N4O6S4+. The maximum atomic E-state index is 11.7. The van der Waals surface area contributed by atoms with Gasteiger partial charge in [0.1, 0.15) is 10.4 Å². The SMILES string of the molecule is Cc1nsc2c1N(CS(=O)(=O)O)C(=Cc1ccc3snc(C)c3[n+]1CS(=O)(=O)O)C=C2. The first-order valence-electron chi connectivity index (χ1n) is 8.76. The molecule has 0 amide bonds. The Balaban J connectivity index is 1.93. The van der Waals surface area contributed by atoms with Gasteiger partial charge in [-0.1, -0.05) is 0 Å². The maximum absolute atomic E-state index is 11.7. The molecule has 10 nitrogen and oxygen atoms in total. The fraction of sp³-hybridized carbons (Fsp3) is 0.235. The van der Waals surface area contributed by atoms with Gasteiger partial charge in [0.05, 0.1) is 16.3 Å². The van der Waals surface area contributed by atoms with E-state index in [9.17, 15) is 25.9 Å². The molecule has 2 N–H and O–H groups in total. The van der Waals surface area contributed by atoms with Crippen molar-refractivity contribution in [3.63, 3.8) is 0 Å². The monoisotopic (exact) mass is 501 g/mol. The molecule has 164 valence electrons.